The van der Waals surface area contributed by atoms with Gasteiger partial charge in [-0.15, -0.1) is 11.6 Å². The Morgan fingerprint density at radius 3 is 2.44 bits per heavy atom. The second kappa shape index (κ2) is 5.77. The minimum absolute atomic E-state index is 0.0401. The molecule has 1 aromatic carbocycles. The third-order valence-electron chi connectivity index (χ3n) is 2.11. The van der Waals surface area contributed by atoms with Crippen LogP contribution in [0, 0.1) is 0 Å². The summed E-state index contributed by atoms with van der Waals surface area (Å²) in [4.78, 5) is 22.1. The van der Waals surface area contributed by atoms with E-state index in [0.717, 1.165) is 12.1 Å². The highest BCUT2D eigenvalue weighted by atomic mass is 35.5. The maximum atomic E-state index is 12.0. The van der Waals surface area contributed by atoms with Crippen molar-refractivity contribution >= 4 is 23.4 Å². The summed E-state index contributed by atoms with van der Waals surface area (Å²) in [7, 11) is 0. The largest absolute Gasteiger partial charge is 0.478 e. The van der Waals surface area contributed by atoms with Crippen molar-refractivity contribution in [2.75, 3.05) is 0 Å². The van der Waals surface area contributed by atoms with Crippen molar-refractivity contribution in [1.82, 2.24) is 0 Å². The Morgan fingerprint density at radius 2 is 2.00 bits per heavy atom. The van der Waals surface area contributed by atoms with Gasteiger partial charge in [0.25, 0.3) is 0 Å². The number of carboxylic acids is 1. The zero-order valence-electron chi connectivity index (χ0n) is 9.19. The molecule has 0 bridgehead atoms. The Bertz CT molecular complexity index is 476. The number of rotatable bonds is 5. The number of ketones is 1. The molecule has 4 nitrogen and oxygen atoms in total. The van der Waals surface area contributed by atoms with E-state index in [1.54, 1.807) is 0 Å². The smallest absolute Gasteiger partial charge is 0.387 e. The summed E-state index contributed by atoms with van der Waals surface area (Å²) in [6, 6.07) is 3.22. The van der Waals surface area contributed by atoms with Gasteiger partial charge < -0.3 is 9.84 Å². The van der Waals surface area contributed by atoms with Crippen LogP contribution in [0.15, 0.2) is 18.2 Å². The topological polar surface area (TPSA) is 63.6 Å². The molecule has 0 radical (unpaired) electrons. The zero-order chi connectivity index (χ0) is 13.9. The predicted octanol–water partition coefficient (Wildman–Crippen LogP) is 2.86. The van der Waals surface area contributed by atoms with Crippen LogP contribution in [0.1, 0.15) is 28.2 Å². The highest BCUT2D eigenvalue weighted by molar-refractivity contribution is 6.31. The SMILES string of the molecule is CC(=O)C(Cl)c1ccc(OC(F)F)cc1C(=O)O. The van der Waals surface area contributed by atoms with E-state index in [0.29, 0.717) is 0 Å². The molecule has 0 aliphatic heterocycles. The quantitative estimate of drug-likeness (QED) is 0.841. The van der Waals surface area contributed by atoms with E-state index in [1.807, 2.05) is 0 Å². The number of carbonyl (C=O) groups is 2. The van der Waals surface area contributed by atoms with Gasteiger partial charge in [-0.1, -0.05) is 6.07 Å². The zero-order valence-corrected chi connectivity index (χ0v) is 9.95. The van der Waals surface area contributed by atoms with Gasteiger partial charge in [0.15, 0.2) is 5.78 Å². The van der Waals surface area contributed by atoms with Crippen LogP contribution in [0.25, 0.3) is 0 Å². The van der Waals surface area contributed by atoms with Crippen LogP contribution < -0.4 is 4.74 Å². The number of carbonyl (C=O) groups excluding carboxylic acids is 1. The van der Waals surface area contributed by atoms with Gasteiger partial charge in [-0.05, 0) is 24.6 Å². The highest BCUT2D eigenvalue weighted by Gasteiger charge is 2.21. The number of halogens is 3. The first-order valence-electron chi connectivity index (χ1n) is 4.79. The summed E-state index contributed by atoms with van der Waals surface area (Å²) in [6.45, 7) is -1.86. The van der Waals surface area contributed by atoms with Gasteiger partial charge in [0.2, 0.25) is 0 Å². The number of Topliss-reactive ketones (excluding diaryl/α,β-unsaturated/α-hetero) is 1. The first-order chi connectivity index (χ1) is 8.32. The molecule has 98 valence electrons. The van der Waals surface area contributed by atoms with Gasteiger partial charge in [0, 0.05) is 0 Å². The summed E-state index contributed by atoms with van der Waals surface area (Å²) in [5.74, 6) is -2.13. The number of benzene rings is 1. The summed E-state index contributed by atoms with van der Waals surface area (Å²) in [6.07, 6.45) is 0. The Labute approximate surface area is 106 Å². The number of carboxylic acid groups (broad SMARTS) is 1. The van der Waals surface area contributed by atoms with E-state index >= 15 is 0 Å². The van der Waals surface area contributed by atoms with Crippen LogP contribution >= 0.6 is 11.6 Å². The summed E-state index contributed by atoms with van der Waals surface area (Å²) in [5.41, 5.74) is -0.304. The molecule has 0 amide bonds. The maximum absolute atomic E-state index is 12.0. The van der Waals surface area contributed by atoms with Gasteiger partial charge in [-0.2, -0.15) is 8.78 Å². The van der Waals surface area contributed by atoms with Crippen molar-refractivity contribution in [2.45, 2.75) is 18.9 Å². The fourth-order valence-corrected chi connectivity index (χ4v) is 1.53. The van der Waals surface area contributed by atoms with Gasteiger partial charge in [0.05, 0.1) is 5.56 Å². The number of aromatic carboxylic acids is 1. The first kappa shape index (κ1) is 14.4. The van der Waals surface area contributed by atoms with Crippen LogP contribution in [0.4, 0.5) is 8.78 Å². The van der Waals surface area contributed by atoms with E-state index in [4.69, 9.17) is 16.7 Å². The molecule has 1 N–H and O–H groups in total. The summed E-state index contributed by atoms with van der Waals surface area (Å²) in [5, 5.41) is 7.80. The molecule has 1 unspecified atom stereocenters. The molecule has 1 atom stereocenters. The number of hydrogen-bond donors (Lipinski definition) is 1. The summed E-state index contributed by atoms with van der Waals surface area (Å²) < 4.78 is 28.1. The molecular formula is C11H9ClF2O4. The van der Waals surface area contributed by atoms with E-state index in [-0.39, 0.29) is 16.9 Å². The van der Waals surface area contributed by atoms with E-state index in [1.165, 1.54) is 13.0 Å². The van der Waals surface area contributed by atoms with Gasteiger partial charge in [0.1, 0.15) is 11.1 Å². The molecule has 0 saturated carbocycles. The average molecular weight is 279 g/mol. The second-order valence-electron chi connectivity index (χ2n) is 3.41. The standard InChI is InChI=1S/C11H9ClF2O4/c1-5(15)9(12)7-3-2-6(18-11(13)14)4-8(7)10(16)17/h2-4,9,11H,1H3,(H,16,17). The molecule has 0 fully saturated rings. The molecule has 7 heteroatoms. The van der Waals surface area contributed by atoms with Gasteiger partial charge in [-0.3, -0.25) is 4.79 Å². The van der Waals surface area contributed by atoms with Crippen molar-refractivity contribution in [3.8, 4) is 5.75 Å². The normalized spacial score (nSPS) is 12.3. The van der Waals surface area contributed by atoms with Crippen LogP contribution in [0.3, 0.4) is 0 Å². The third-order valence-corrected chi connectivity index (χ3v) is 2.65. The molecule has 0 aromatic heterocycles. The maximum Gasteiger partial charge on any atom is 0.387 e. The number of alkyl halides is 3. The average Bonchev–Trinajstić information content (AvgIpc) is 2.26. The lowest BCUT2D eigenvalue weighted by Crippen LogP contribution is -2.10. The number of ether oxygens (including phenoxy) is 1. The van der Waals surface area contributed by atoms with E-state index < -0.39 is 23.7 Å². The van der Waals surface area contributed by atoms with Crippen molar-refractivity contribution < 1.29 is 28.2 Å². The van der Waals surface area contributed by atoms with Gasteiger partial charge >= 0.3 is 12.6 Å². The molecule has 0 aliphatic carbocycles. The Hall–Kier alpha value is -1.69. The lowest BCUT2D eigenvalue weighted by Gasteiger charge is -2.12. The fraction of sp³-hybridized carbons (Fsp3) is 0.273. The number of hydrogen-bond acceptors (Lipinski definition) is 3. The van der Waals surface area contributed by atoms with Crippen molar-refractivity contribution in [2.24, 2.45) is 0 Å². The molecule has 1 rings (SSSR count). The third kappa shape index (κ3) is 3.40. The Balaban J connectivity index is 3.20. The first-order valence-corrected chi connectivity index (χ1v) is 5.23. The summed E-state index contributed by atoms with van der Waals surface area (Å²) >= 11 is 5.75. The van der Waals surface area contributed by atoms with Crippen LogP contribution in [-0.4, -0.2) is 23.5 Å². The lowest BCUT2D eigenvalue weighted by atomic mass is 10.0. The second-order valence-corrected chi connectivity index (χ2v) is 3.84. The minimum Gasteiger partial charge on any atom is -0.478 e. The Morgan fingerprint density at radius 1 is 1.39 bits per heavy atom. The molecule has 1 aromatic rings. The Kier molecular flexibility index (Phi) is 4.61. The van der Waals surface area contributed by atoms with Crippen LogP contribution in [0.2, 0.25) is 0 Å². The molecule has 0 spiro atoms. The fourth-order valence-electron chi connectivity index (χ4n) is 1.34. The van der Waals surface area contributed by atoms with Crippen molar-refractivity contribution in [1.29, 1.82) is 0 Å². The van der Waals surface area contributed by atoms with E-state index in [9.17, 15) is 18.4 Å². The molecule has 18 heavy (non-hydrogen) atoms. The molecule has 0 heterocycles. The van der Waals surface area contributed by atoms with Gasteiger partial charge in [-0.25, -0.2) is 4.79 Å². The minimum atomic E-state index is -3.06. The van der Waals surface area contributed by atoms with Crippen molar-refractivity contribution in [3.05, 3.63) is 29.3 Å². The lowest BCUT2D eigenvalue weighted by molar-refractivity contribution is -0.116. The van der Waals surface area contributed by atoms with E-state index in [2.05, 4.69) is 4.74 Å². The van der Waals surface area contributed by atoms with Crippen molar-refractivity contribution in [3.63, 3.8) is 0 Å². The highest BCUT2D eigenvalue weighted by Crippen LogP contribution is 2.28. The molecule has 0 saturated heterocycles. The van der Waals surface area contributed by atoms with Crippen LogP contribution in [0.5, 0.6) is 5.75 Å². The van der Waals surface area contributed by atoms with Crippen LogP contribution in [-0.2, 0) is 4.79 Å². The monoisotopic (exact) mass is 278 g/mol. The predicted molar refractivity (Wildman–Crippen MR) is 59.3 cm³/mol. The molecular weight excluding hydrogens is 270 g/mol. The molecule has 0 aliphatic rings.